The van der Waals surface area contributed by atoms with Crippen LogP contribution in [-0.4, -0.2) is 17.4 Å². The van der Waals surface area contributed by atoms with Gasteiger partial charge in [-0.2, -0.15) is 0 Å². The van der Waals surface area contributed by atoms with Crippen molar-refractivity contribution >= 4 is 28.7 Å². The van der Waals surface area contributed by atoms with Crippen LogP contribution in [-0.2, 0) is 0 Å². The molecule has 0 aromatic heterocycles. The molecule has 2 rings (SSSR count). The number of fused-ring (bicyclic) bond motifs is 1. The maximum Gasteiger partial charge on any atom is 1.00 e. The Hall–Kier alpha value is -1.36. The van der Waals surface area contributed by atoms with Crippen LogP contribution >= 0.6 is 0 Å². The Morgan fingerprint density at radius 2 is 1.82 bits per heavy atom. The number of carbonyl (C=O) groups is 2. The molecule has 4 nitrogen and oxygen atoms in total. The zero-order valence-electron chi connectivity index (χ0n) is 9.18. The Morgan fingerprint density at radius 3 is 2.35 bits per heavy atom. The molecule has 1 radical (unpaired) electrons. The first kappa shape index (κ1) is 13.7. The van der Waals surface area contributed by atoms with Crippen LogP contribution < -0.4 is 29.6 Å². The van der Waals surface area contributed by atoms with Crippen molar-refractivity contribution in [2.24, 2.45) is 0 Å². The molecule has 0 aliphatic heterocycles. The number of nitrogens with zero attached hydrogens (tertiary/aromatic N) is 1. The van der Waals surface area contributed by atoms with Crippen molar-refractivity contribution in [2.45, 2.75) is 0 Å². The van der Waals surface area contributed by atoms with Crippen molar-refractivity contribution in [3.63, 3.8) is 0 Å². The molecule has 0 saturated carbocycles. The van der Waals surface area contributed by atoms with Gasteiger partial charge in [-0.05, 0) is 10.8 Å². The standard InChI is InChI=1S/C12H7NO3.Na/c13-10-5-7(6-14)8-3-1-2-4-9(8)11(10)12(15)16;/h1-6H,(H,15,16);/q-1;+1. The number of aromatic carboxylic acids is 1. The fraction of sp³-hybridized carbons (Fsp3) is 0. The third-order valence-corrected chi connectivity index (χ3v) is 2.40. The summed E-state index contributed by atoms with van der Waals surface area (Å²) in [5, 5.41) is 9.86. The number of aldehydes is 1. The Kier molecular flexibility index (Phi) is 4.28. The monoisotopic (exact) mass is 236 g/mol. The van der Waals surface area contributed by atoms with E-state index in [2.05, 4.69) is 0 Å². The molecule has 2 aromatic rings. The van der Waals surface area contributed by atoms with Gasteiger partial charge in [0.25, 0.3) is 0 Å². The molecule has 0 saturated heterocycles. The minimum Gasteiger partial charge on any atom is -0.803 e. The summed E-state index contributed by atoms with van der Waals surface area (Å²) in [6.07, 6.45) is 0.591. The summed E-state index contributed by atoms with van der Waals surface area (Å²) >= 11 is 0. The Bertz CT molecular complexity index is 596. The normalized spacial score (nSPS) is 9.65. The Labute approximate surface area is 120 Å². The molecule has 0 atom stereocenters. The molecule has 1 N–H and O–H groups in total. The predicted molar refractivity (Wildman–Crippen MR) is 59.3 cm³/mol. The van der Waals surface area contributed by atoms with Crippen LogP contribution in [0.1, 0.15) is 20.7 Å². The quantitative estimate of drug-likeness (QED) is 0.580. The summed E-state index contributed by atoms with van der Waals surface area (Å²) in [5.74, 6) is -1.22. The number of rotatable bonds is 2. The van der Waals surface area contributed by atoms with Crippen molar-refractivity contribution in [1.29, 1.82) is 0 Å². The molecule has 0 unspecified atom stereocenters. The fourth-order valence-electron chi connectivity index (χ4n) is 1.71. The van der Waals surface area contributed by atoms with Gasteiger partial charge < -0.3 is 10.8 Å². The number of carboxylic acids is 1. The largest absolute Gasteiger partial charge is 1.00 e. The molecular formula is C12H7NNaO3. The topological polar surface area (TPSA) is 76.7 Å². The summed E-state index contributed by atoms with van der Waals surface area (Å²) in [6.45, 7) is 0. The van der Waals surface area contributed by atoms with Gasteiger partial charge in [-0.15, -0.1) is 5.69 Å². The second-order valence-corrected chi connectivity index (χ2v) is 3.33. The molecule has 0 bridgehead atoms. The molecule has 2 aromatic carbocycles. The number of carboxylic acid groups (broad SMARTS) is 1. The van der Waals surface area contributed by atoms with Gasteiger partial charge in [0, 0.05) is 5.56 Å². The van der Waals surface area contributed by atoms with Crippen LogP contribution in [0.25, 0.3) is 16.5 Å². The summed E-state index contributed by atoms with van der Waals surface area (Å²) in [4.78, 5) is 21.8. The van der Waals surface area contributed by atoms with Gasteiger partial charge in [-0.25, -0.2) is 4.79 Å². The molecule has 0 aliphatic carbocycles. The summed E-state index contributed by atoms with van der Waals surface area (Å²) in [7, 11) is 0. The summed E-state index contributed by atoms with van der Waals surface area (Å²) in [6, 6.07) is 7.73. The Morgan fingerprint density at radius 1 is 1.24 bits per heavy atom. The van der Waals surface area contributed by atoms with Crippen molar-refractivity contribution in [3.05, 3.63) is 47.2 Å². The van der Waals surface area contributed by atoms with Crippen molar-refractivity contribution in [2.75, 3.05) is 0 Å². The van der Waals surface area contributed by atoms with Crippen LogP contribution in [0.4, 0.5) is 5.69 Å². The van der Waals surface area contributed by atoms with Crippen LogP contribution in [0.2, 0.25) is 0 Å². The smallest absolute Gasteiger partial charge is 0.803 e. The number of hydrogen-bond donors (Lipinski definition) is 1. The predicted octanol–water partition coefficient (Wildman–Crippen LogP) is -0.176. The average molecular weight is 236 g/mol. The average Bonchev–Trinajstić information content (AvgIpc) is 2.27. The molecular weight excluding hydrogens is 229 g/mol. The third kappa shape index (κ3) is 2.34. The van der Waals surface area contributed by atoms with E-state index in [1.54, 1.807) is 24.3 Å². The van der Waals surface area contributed by atoms with E-state index in [0.29, 0.717) is 17.1 Å². The van der Waals surface area contributed by atoms with Crippen LogP contribution in [0.15, 0.2) is 30.3 Å². The van der Waals surface area contributed by atoms with Crippen LogP contribution in [0.3, 0.4) is 0 Å². The van der Waals surface area contributed by atoms with Crippen molar-refractivity contribution in [3.8, 4) is 0 Å². The van der Waals surface area contributed by atoms with Gasteiger partial charge in [0.15, 0.2) is 6.29 Å². The number of carbonyl (C=O) groups excluding carboxylic acids is 1. The van der Waals surface area contributed by atoms with Crippen LogP contribution in [0.5, 0.6) is 0 Å². The molecule has 0 amide bonds. The third-order valence-electron chi connectivity index (χ3n) is 2.40. The first-order chi connectivity index (χ1) is 7.65. The second kappa shape index (κ2) is 5.31. The molecule has 0 fully saturated rings. The zero-order valence-corrected chi connectivity index (χ0v) is 11.2. The summed E-state index contributed by atoms with van der Waals surface area (Å²) < 4.78 is 0. The minimum absolute atomic E-state index is 0. The van der Waals surface area contributed by atoms with E-state index in [1.807, 2.05) is 0 Å². The van der Waals surface area contributed by atoms with Gasteiger partial charge in [-0.1, -0.05) is 30.3 Å². The van der Waals surface area contributed by atoms with Crippen molar-refractivity contribution in [1.82, 2.24) is 0 Å². The molecule has 79 valence electrons. The molecule has 0 spiro atoms. The molecule has 0 heterocycles. The van der Waals surface area contributed by atoms with E-state index >= 15 is 0 Å². The van der Waals surface area contributed by atoms with E-state index in [9.17, 15) is 15.3 Å². The van der Waals surface area contributed by atoms with Crippen molar-refractivity contribution < 1.29 is 44.3 Å². The number of hydrogen-bond acceptors (Lipinski definition) is 2. The molecule has 17 heavy (non-hydrogen) atoms. The SMILES string of the molecule is [N-]c1cc(C=O)c2ccccc2c1C(=O)O.[Na+]. The van der Waals surface area contributed by atoms with Gasteiger partial charge in [0.1, 0.15) is 0 Å². The minimum atomic E-state index is -1.22. The van der Waals surface area contributed by atoms with E-state index in [4.69, 9.17) is 5.11 Å². The van der Waals surface area contributed by atoms with Gasteiger partial charge in [0.2, 0.25) is 0 Å². The van der Waals surface area contributed by atoms with Gasteiger partial charge >= 0.3 is 35.5 Å². The van der Waals surface area contributed by atoms with Gasteiger partial charge in [-0.3, -0.25) is 4.79 Å². The molecule has 5 heteroatoms. The number of benzene rings is 2. The maximum absolute atomic E-state index is 11.0. The van der Waals surface area contributed by atoms with E-state index in [1.165, 1.54) is 6.07 Å². The zero-order chi connectivity index (χ0) is 11.7. The van der Waals surface area contributed by atoms with E-state index < -0.39 is 11.7 Å². The van der Waals surface area contributed by atoms with Gasteiger partial charge in [0.05, 0.1) is 5.56 Å². The molecule has 0 aliphatic rings. The maximum atomic E-state index is 11.0. The van der Waals surface area contributed by atoms with E-state index in [0.717, 1.165) is 0 Å². The van der Waals surface area contributed by atoms with E-state index in [-0.39, 0.29) is 40.7 Å². The summed E-state index contributed by atoms with van der Waals surface area (Å²) in [5.41, 5.74) is 9.25. The fourth-order valence-corrected chi connectivity index (χ4v) is 1.71. The Balaban J connectivity index is 0.00000144. The van der Waals surface area contributed by atoms with Crippen LogP contribution in [0, 0.1) is 0 Å². The first-order valence-corrected chi connectivity index (χ1v) is 4.58. The second-order valence-electron chi connectivity index (χ2n) is 3.33. The first-order valence-electron chi connectivity index (χ1n) is 4.58.